The highest BCUT2D eigenvalue weighted by molar-refractivity contribution is 5.71. The fourth-order valence-electron chi connectivity index (χ4n) is 1.36. The summed E-state index contributed by atoms with van der Waals surface area (Å²) < 4.78 is 15.4. The zero-order valence-electron chi connectivity index (χ0n) is 10.8. The highest BCUT2D eigenvalue weighted by Crippen LogP contribution is 2.28. The SMILES string of the molecule is COc1cc(CO)ccc1OCC(=O)OC(C)C. The smallest absolute Gasteiger partial charge is 0.344 e. The summed E-state index contributed by atoms with van der Waals surface area (Å²) >= 11 is 0. The van der Waals surface area contributed by atoms with Gasteiger partial charge in [-0.1, -0.05) is 6.07 Å². The lowest BCUT2D eigenvalue weighted by molar-refractivity contribution is -0.149. The second-order valence-electron chi connectivity index (χ2n) is 3.97. The molecule has 1 aromatic carbocycles. The predicted octanol–water partition coefficient (Wildman–Crippen LogP) is 1.52. The summed E-state index contributed by atoms with van der Waals surface area (Å²) in [4.78, 5) is 11.3. The first kappa shape index (κ1) is 14.3. The second kappa shape index (κ2) is 6.86. The Bertz CT molecular complexity index is 400. The minimum Gasteiger partial charge on any atom is -0.493 e. The van der Waals surface area contributed by atoms with Gasteiger partial charge in [-0.15, -0.1) is 0 Å². The lowest BCUT2D eigenvalue weighted by atomic mass is 10.2. The summed E-state index contributed by atoms with van der Waals surface area (Å²) in [6.45, 7) is 3.29. The van der Waals surface area contributed by atoms with Crippen molar-refractivity contribution in [3.63, 3.8) is 0 Å². The number of carbonyl (C=O) groups is 1. The topological polar surface area (TPSA) is 65.0 Å². The normalized spacial score (nSPS) is 10.3. The van der Waals surface area contributed by atoms with Gasteiger partial charge in [0.2, 0.25) is 0 Å². The Balaban J connectivity index is 2.64. The van der Waals surface area contributed by atoms with Crippen LogP contribution in [0.1, 0.15) is 19.4 Å². The lowest BCUT2D eigenvalue weighted by Gasteiger charge is -2.12. The number of esters is 1. The van der Waals surface area contributed by atoms with Crippen LogP contribution < -0.4 is 9.47 Å². The third-order valence-corrected chi connectivity index (χ3v) is 2.12. The maximum absolute atomic E-state index is 11.3. The van der Waals surface area contributed by atoms with Gasteiger partial charge in [0.1, 0.15) is 0 Å². The van der Waals surface area contributed by atoms with Gasteiger partial charge in [0.25, 0.3) is 0 Å². The summed E-state index contributed by atoms with van der Waals surface area (Å²) in [7, 11) is 1.50. The van der Waals surface area contributed by atoms with Gasteiger partial charge in [-0.3, -0.25) is 0 Å². The van der Waals surface area contributed by atoms with E-state index in [1.54, 1.807) is 32.0 Å². The lowest BCUT2D eigenvalue weighted by Crippen LogP contribution is -2.18. The van der Waals surface area contributed by atoms with Crippen LogP contribution in [0.4, 0.5) is 0 Å². The summed E-state index contributed by atoms with van der Waals surface area (Å²) in [6.07, 6.45) is -0.167. The van der Waals surface area contributed by atoms with Gasteiger partial charge < -0.3 is 19.3 Å². The van der Waals surface area contributed by atoms with E-state index >= 15 is 0 Å². The molecular weight excluding hydrogens is 236 g/mol. The van der Waals surface area contributed by atoms with Crippen molar-refractivity contribution >= 4 is 5.97 Å². The first-order valence-corrected chi connectivity index (χ1v) is 5.67. The van der Waals surface area contributed by atoms with Crippen molar-refractivity contribution in [1.29, 1.82) is 0 Å². The average Bonchev–Trinajstić information content (AvgIpc) is 2.35. The number of ether oxygens (including phenoxy) is 3. The standard InChI is InChI=1S/C13H18O5/c1-9(2)18-13(15)8-17-11-5-4-10(7-14)6-12(11)16-3/h4-6,9,14H,7-8H2,1-3H3. The quantitative estimate of drug-likeness (QED) is 0.780. The van der Waals surface area contributed by atoms with E-state index in [0.29, 0.717) is 17.1 Å². The van der Waals surface area contributed by atoms with Crippen LogP contribution in [0.25, 0.3) is 0 Å². The van der Waals surface area contributed by atoms with E-state index in [4.69, 9.17) is 19.3 Å². The molecule has 0 aliphatic heterocycles. The molecule has 0 radical (unpaired) electrons. The molecule has 0 aliphatic carbocycles. The van der Waals surface area contributed by atoms with Gasteiger partial charge in [0.05, 0.1) is 19.8 Å². The van der Waals surface area contributed by atoms with E-state index in [9.17, 15) is 4.79 Å². The minimum absolute atomic E-state index is 0.0774. The first-order chi connectivity index (χ1) is 8.56. The van der Waals surface area contributed by atoms with Gasteiger partial charge in [-0.2, -0.15) is 0 Å². The Morgan fingerprint density at radius 1 is 1.33 bits per heavy atom. The highest BCUT2D eigenvalue weighted by Gasteiger charge is 2.10. The zero-order chi connectivity index (χ0) is 13.5. The van der Waals surface area contributed by atoms with E-state index in [-0.39, 0.29) is 19.3 Å². The third-order valence-electron chi connectivity index (χ3n) is 2.12. The van der Waals surface area contributed by atoms with Crippen LogP contribution in [0.15, 0.2) is 18.2 Å². The number of hydrogen-bond acceptors (Lipinski definition) is 5. The molecule has 18 heavy (non-hydrogen) atoms. The Hall–Kier alpha value is -1.75. The molecule has 0 amide bonds. The molecule has 1 N–H and O–H groups in total. The molecule has 0 bridgehead atoms. The van der Waals surface area contributed by atoms with Crippen molar-refractivity contribution in [1.82, 2.24) is 0 Å². The molecular formula is C13H18O5. The average molecular weight is 254 g/mol. The van der Waals surface area contributed by atoms with Crippen molar-refractivity contribution in [2.45, 2.75) is 26.6 Å². The highest BCUT2D eigenvalue weighted by atomic mass is 16.6. The predicted molar refractivity (Wildman–Crippen MR) is 65.6 cm³/mol. The molecule has 0 saturated heterocycles. The van der Waals surface area contributed by atoms with Crippen LogP contribution in [0, 0.1) is 0 Å². The van der Waals surface area contributed by atoms with Crippen LogP contribution in [0.2, 0.25) is 0 Å². The maximum Gasteiger partial charge on any atom is 0.344 e. The molecule has 5 nitrogen and oxygen atoms in total. The van der Waals surface area contributed by atoms with Gasteiger partial charge in [0, 0.05) is 0 Å². The van der Waals surface area contributed by atoms with Crippen LogP contribution in [-0.2, 0) is 16.1 Å². The maximum atomic E-state index is 11.3. The molecule has 1 aromatic rings. The van der Waals surface area contributed by atoms with Crippen LogP contribution >= 0.6 is 0 Å². The summed E-state index contributed by atoms with van der Waals surface area (Å²) in [6, 6.07) is 5.00. The van der Waals surface area contributed by atoms with Gasteiger partial charge >= 0.3 is 5.97 Å². The Morgan fingerprint density at radius 3 is 2.61 bits per heavy atom. The largest absolute Gasteiger partial charge is 0.493 e. The van der Waals surface area contributed by atoms with E-state index in [1.807, 2.05) is 0 Å². The van der Waals surface area contributed by atoms with Crippen LogP contribution in [0.5, 0.6) is 11.5 Å². The summed E-state index contributed by atoms with van der Waals surface area (Å²) in [5, 5.41) is 9.00. The van der Waals surface area contributed by atoms with E-state index < -0.39 is 5.97 Å². The van der Waals surface area contributed by atoms with Crippen molar-refractivity contribution < 1.29 is 24.1 Å². The van der Waals surface area contributed by atoms with E-state index in [2.05, 4.69) is 0 Å². The molecule has 0 spiro atoms. The Morgan fingerprint density at radius 2 is 2.06 bits per heavy atom. The number of aliphatic hydroxyl groups is 1. The Kier molecular flexibility index (Phi) is 5.45. The molecule has 5 heteroatoms. The minimum atomic E-state index is -0.432. The van der Waals surface area contributed by atoms with Crippen molar-refractivity contribution in [2.75, 3.05) is 13.7 Å². The first-order valence-electron chi connectivity index (χ1n) is 5.67. The van der Waals surface area contributed by atoms with Crippen molar-refractivity contribution in [3.8, 4) is 11.5 Å². The number of carbonyl (C=O) groups excluding carboxylic acids is 1. The van der Waals surface area contributed by atoms with E-state index in [1.165, 1.54) is 7.11 Å². The second-order valence-corrected chi connectivity index (χ2v) is 3.97. The van der Waals surface area contributed by atoms with Gasteiger partial charge in [-0.05, 0) is 31.5 Å². The molecule has 0 heterocycles. The molecule has 100 valence electrons. The number of hydrogen-bond donors (Lipinski definition) is 1. The molecule has 1 rings (SSSR count). The van der Waals surface area contributed by atoms with Crippen molar-refractivity contribution in [2.24, 2.45) is 0 Å². The number of methoxy groups -OCH3 is 1. The molecule has 0 aliphatic rings. The number of benzene rings is 1. The molecule has 0 saturated carbocycles. The summed E-state index contributed by atoms with van der Waals surface area (Å²) in [5.74, 6) is 0.479. The number of rotatable bonds is 6. The van der Waals surface area contributed by atoms with Crippen LogP contribution in [-0.4, -0.2) is 30.9 Å². The monoisotopic (exact) mass is 254 g/mol. The molecule has 0 aromatic heterocycles. The number of aliphatic hydroxyl groups excluding tert-OH is 1. The van der Waals surface area contributed by atoms with Crippen LogP contribution in [0.3, 0.4) is 0 Å². The third kappa shape index (κ3) is 4.25. The van der Waals surface area contributed by atoms with E-state index in [0.717, 1.165) is 0 Å². The Labute approximate surface area is 106 Å². The molecule has 0 atom stereocenters. The summed E-state index contributed by atoms with van der Waals surface area (Å²) in [5.41, 5.74) is 0.712. The fraction of sp³-hybridized carbons (Fsp3) is 0.462. The van der Waals surface area contributed by atoms with Crippen molar-refractivity contribution in [3.05, 3.63) is 23.8 Å². The fourth-order valence-corrected chi connectivity index (χ4v) is 1.36. The molecule has 0 fully saturated rings. The van der Waals surface area contributed by atoms with Gasteiger partial charge in [0.15, 0.2) is 18.1 Å². The van der Waals surface area contributed by atoms with Gasteiger partial charge in [-0.25, -0.2) is 4.79 Å². The zero-order valence-corrected chi connectivity index (χ0v) is 10.8. The molecule has 0 unspecified atom stereocenters.